The molecule has 0 amide bonds. The van der Waals surface area contributed by atoms with Crippen LogP contribution in [0.15, 0.2) is 54.9 Å². The van der Waals surface area contributed by atoms with Gasteiger partial charge < -0.3 is 10.8 Å². The van der Waals surface area contributed by atoms with Crippen LogP contribution < -0.4 is 5.73 Å². The molecule has 3 rings (SSSR count). The van der Waals surface area contributed by atoms with Crippen molar-refractivity contribution in [3.63, 3.8) is 0 Å². The second-order valence-corrected chi connectivity index (χ2v) is 6.13. The highest BCUT2D eigenvalue weighted by atomic mass is 19.4. The Bertz CT molecular complexity index is 1040. The molecule has 0 saturated heterocycles. The van der Waals surface area contributed by atoms with Gasteiger partial charge in [0.05, 0.1) is 11.9 Å². The van der Waals surface area contributed by atoms with Crippen LogP contribution in [-0.4, -0.2) is 32.8 Å². The number of rotatable bonds is 4. The minimum Gasteiger partial charge on any atom is -0.475 e. The van der Waals surface area contributed by atoms with Crippen molar-refractivity contribution in [3.05, 3.63) is 71.8 Å². The fourth-order valence-electron chi connectivity index (χ4n) is 2.40. The number of carboxylic acid groups (broad SMARTS) is 1. The topological polar surface area (TPSA) is 98.2 Å². The summed E-state index contributed by atoms with van der Waals surface area (Å²) in [6.07, 6.45) is -1.59. The average molecular weight is 423 g/mol. The fraction of sp³-hybridized carbons (Fsp3) is 0.150. The minimum atomic E-state index is -5.08. The molecule has 3 N–H and O–H groups in total. The van der Waals surface area contributed by atoms with E-state index in [-0.39, 0.29) is 18.1 Å². The molecule has 0 spiro atoms. The summed E-state index contributed by atoms with van der Waals surface area (Å²) in [5, 5.41) is 11.4. The van der Waals surface area contributed by atoms with E-state index in [1.807, 2.05) is 24.4 Å². The third-order valence-electron chi connectivity index (χ3n) is 3.89. The Morgan fingerprint density at radius 3 is 2.20 bits per heavy atom. The van der Waals surface area contributed by atoms with Crippen molar-refractivity contribution >= 4 is 11.8 Å². The van der Waals surface area contributed by atoms with Crippen molar-refractivity contribution < 1.29 is 32.3 Å². The molecule has 0 aliphatic rings. The SMILES string of the molecule is CC(=O)c1ccc(-n2cc(-c3cc(F)cc(CN)c3)cn2)cc1.O=C(O)C(F)(F)F. The van der Waals surface area contributed by atoms with Gasteiger partial charge in [-0.05, 0) is 60.5 Å². The van der Waals surface area contributed by atoms with Gasteiger partial charge in [0, 0.05) is 23.9 Å². The number of carboxylic acids is 1. The molecular weight excluding hydrogens is 406 g/mol. The predicted octanol–water partition coefficient (Wildman–Crippen LogP) is 3.97. The van der Waals surface area contributed by atoms with Crippen LogP contribution in [0.5, 0.6) is 0 Å². The summed E-state index contributed by atoms with van der Waals surface area (Å²) in [5.74, 6) is -3.05. The highest BCUT2D eigenvalue weighted by Gasteiger charge is 2.38. The largest absolute Gasteiger partial charge is 0.490 e. The maximum absolute atomic E-state index is 13.6. The van der Waals surface area contributed by atoms with Crippen molar-refractivity contribution in [1.29, 1.82) is 0 Å². The lowest BCUT2D eigenvalue weighted by atomic mass is 10.1. The number of aromatic nitrogens is 2. The number of hydrogen-bond donors (Lipinski definition) is 2. The Hall–Kier alpha value is -3.53. The smallest absolute Gasteiger partial charge is 0.475 e. The second kappa shape index (κ2) is 9.31. The maximum atomic E-state index is 13.6. The summed E-state index contributed by atoms with van der Waals surface area (Å²) in [7, 11) is 0. The molecule has 0 aliphatic carbocycles. The third-order valence-corrected chi connectivity index (χ3v) is 3.89. The van der Waals surface area contributed by atoms with Crippen molar-refractivity contribution in [2.45, 2.75) is 19.6 Å². The van der Waals surface area contributed by atoms with E-state index in [1.165, 1.54) is 19.1 Å². The molecule has 6 nitrogen and oxygen atoms in total. The van der Waals surface area contributed by atoms with Crippen LogP contribution in [-0.2, 0) is 11.3 Å². The van der Waals surface area contributed by atoms with Gasteiger partial charge in [-0.1, -0.05) is 0 Å². The first-order valence-corrected chi connectivity index (χ1v) is 8.47. The Labute approximate surface area is 168 Å². The lowest BCUT2D eigenvalue weighted by Crippen LogP contribution is -2.21. The van der Waals surface area contributed by atoms with E-state index in [2.05, 4.69) is 5.10 Å². The van der Waals surface area contributed by atoms with Crippen LogP contribution in [0, 0.1) is 5.82 Å². The van der Waals surface area contributed by atoms with Crippen LogP contribution in [0.25, 0.3) is 16.8 Å². The third kappa shape index (κ3) is 5.98. The van der Waals surface area contributed by atoms with Gasteiger partial charge in [-0.2, -0.15) is 18.3 Å². The number of ketones is 1. The molecule has 2 aromatic carbocycles. The van der Waals surface area contributed by atoms with Gasteiger partial charge in [-0.3, -0.25) is 4.79 Å². The first-order chi connectivity index (χ1) is 14.0. The van der Waals surface area contributed by atoms with Gasteiger partial charge in [0.2, 0.25) is 0 Å². The molecule has 0 aliphatic heterocycles. The zero-order valence-corrected chi connectivity index (χ0v) is 15.7. The first kappa shape index (κ1) is 22.8. The normalized spacial score (nSPS) is 10.9. The number of alkyl halides is 3. The number of Topliss-reactive ketones (excluding diaryl/α,β-unsaturated/α-hetero) is 1. The summed E-state index contributed by atoms with van der Waals surface area (Å²) in [4.78, 5) is 20.2. The quantitative estimate of drug-likeness (QED) is 0.489. The van der Waals surface area contributed by atoms with Gasteiger partial charge in [0.15, 0.2) is 5.78 Å². The molecule has 30 heavy (non-hydrogen) atoms. The molecule has 158 valence electrons. The van der Waals surface area contributed by atoms with Crippen molar-refractivity contribution in [3.8, 4) is 16.8 Å². The van der Waals surface area contributed by atoms with Gasteiger partial charge in [-0.15, -0.1) is 0 Å². The molecule has 0 fully saturated rings. The van der Waals surface area contributed by atoms with Crippen LogP contribution >= 0.6 is 0 Å². The van der Waals surface area contributed by atoms with Crippen LogP contribution in [0.4, 0.5) is 17.6 Å². The number of carbonyl (C=O) groups excluding carboxylic acids is 1. The predicted molar refractivity (Wildman–Crippen MR) is 101 cm³/mol. The van der Waals surface area contributed by atoms with Crippen molar-refractivity contribution in [1.82, 2.24) is 9.78 Å². The van der Waals surface area contributed by atoms with E-state index < -0.39 is 12.1 Å². The van der Waals surface area contributed by atoms with E-state index in [0.717, 1.165) is 22.4 Å². The Balaban J connectivity index is 0.000000396. The number of nitrogens with two attached hydrogens (primary N) is 1. The van der Waals surface area contributed by atoms with E-state index >= 15 is 0 Å². The minimum absolute atomic E-state index is 0.0202. The van der Waals surface area contributed by atoms with Crippen LogP contribution in [0.3, 0.4) is 0 Å². The molecule has 1 aromatic heterocycles. The lowest BCUT2D eigenvalue weighted by molar-refractivity contribution is -0.192. The number of carbonyl (C=O) groups is 2. The molecule has 0 atom stereocenters. The number of hydrogen-bond acceptors (Lipinski definition) is 4. The second-order valence-electron chi connectivity index (χ2n) is 6.13. The molecule has 3 aromatic rings. The number of aliphatic carboxylic acids is 1. The Morgan fingerprint density at radius 2 is 1.70 bits per heavy atom. The molecule has 0 saturated carbocycles. The standard InChI is InChI=1S/C18H16FN3O.C2HF3O2/c1-12(23)14-2-4-18(5-3-14)22-11-16(10-21-22)15-6-13(9-20)7-17(19)8-15;3-2(4,5)1(6)7/h2-8,10-11H,9,20H2,1H3;(H,6,7). The molecule has 0 radical (unpaired) electrons. The monoisotopic (exact) mass is 423 g/mol. The van der Waals surface area contributed by atoms with Crippen LogP contribution in [0.2, 0.25) is 0 Å². The molecule has 1 heterocycles. The van der Waals surface area contributed by atoms with Gasteiger partial charge in [-0.25, -0.2) is 13.9 Å². The van der Waals surface area contributed by atoms with Crippen LogP contribution in [0.1, 0.15) is 22.8 Å². The molecular formula is C20H17F4N3O3. The van der Waals surface area contributed by atoms with Gasteiger partial charge in [0.1, 0.15) is 5.82 Å². The molecule has 0 unspecified atom stereocenters. The highest BCUT2D eigenvalue weighted by molar-refractivity contribution is 5.94. The van der Waals surface area contributed by atoms with Crippen molar-refractivity contribution in [2.75, 3.05) is 0 Å². The van der Waals surface area contributed by atoms with E-state index in [0.29, 0.717) is 5.56 Å². The lowest BCUT2D eigenvalue weighted by Gasteiger charge is -2.03. The fourth-order valence-corrected chi connectivity index (χ4v) is 2.40. The Morgan fingerprint density at radius 1 is 1.10 bits per heavy atom. The summed E-state index contributed by atoms with van der Waals surface area (Å²) in [5.41, 5.74) is 9.34. The first-order valence-electron chi connectivity index (χ1n) is 8.47. The van der Waals surface area contributed by atoms with Crippen molar-refractivity contribution in [2.24, 2.45) is 5.73 Å². The van der Waals surface area contributed by atoms with Gasteiger partial charge in [0.25, 0.3) is 0 Å². The summed E-state index contributed by atoms with van der Waals surface area (Å²) in [6, 6.07) is 11.9. The zero-order chi connectivity index (χ0) is 22.5. The van der Waals surface area contributed by atoms with E-state index in [1.54, 1.807) is 23.0 Å². The molecule has 10 heteroatoms. The number of benzene rings is 2. The summed E-state index contributed by atoms with van der Waals surface area (Å²) in [6.45, 7) is 1.81. The zero-order valence-electron chi connectivity index (χ0n) is 15.7. The van der Waals surface area contributed by atoms with E-state index in [9.17, 15) is 22.4 Å². The summed E-state index contributed by atoms with van der Waals surface area (Å²) < 4.78 is 47.1. The highest BCUT2D eigenvalue weighted by Crippen LogP contribution is 2.23. The number of nitrogens with zero attached hydrogens (tertiary/aromatic N) is 2. The average Bonchev–Trinajstić information content (AvgIpc) is 3.17. The molecule has 0 bridgehead atoms. The maximum Gasteiger partial charge on any atom is 0.490 e. The number of halogens is 4. The summed E-state index contributed by atoms with van der Waals surface area (Å²) >= 11 is 0. The van der Waals surface area contributed by atoms with E-state index in [4.69, 9.17) is 15.6 Å². The van der Waals surface area contributed by atoms with Gasteiger partial charge >= 0.3 is 12.1 Å². The Kier molecular flexibility index (Phi) is 7.06.